The van der Waals surface area contributed by atoms with Crippen LogP contribution in [0, 0.1) is 0 Å². The van der Waals surface area contributed by atoms with E-state index >= 15 is 0 Å². The van der Waals surface area contributed by atoms with Crippen molar-refractivity contribution in [3.63, 3.8) is 0 Å². The summed E-state index contributed by atoms with van der Waals surface area (Å²) in [6, 6.07) is 0. The topological polar surface area (TPSA) is 73.7 Å². The third kappa shape index (κ3) is 11.8. The molecule has 0 spiro atoms. The second-order valence-corrected chi connectivity index (χ2v) is 3.35. The van der Waals surface area contributed by atoms with Crippen molar-refractivity contribution in [2.45, 2.75) is 25.7 Å². The second-order valence-electron chi connectivity index (χ2n) is 3.35. The van der Waals surface area contributed by atoms with Crippen LogP contribution in [0.15, 0.2) is 0 Å². The van der Waals surface area contributed by atoms with Crippen molar-refractivity contribution in [2.75, 3.05) is 39.5 Å². The maximum Gasteiger partial charge on any atom is 0.0762 e. The van der Waals surface area contributed by atoms with Gasteiger partial charge in [-0.05, 0) is 12.8 Å². The average molecular weight is 206 g/mol. The molecule has 0 aliphatic rings. The maximum absolute atomic E-state index is 5.40. The molecule has 0 unspecified atom stereocenters. The van der Waals surface area contributed by atoms with Gasteiger partial charge in [-0.2, -0.15) is 0 Å². The van der Waals surface area contributed by atoms with E-state index in [1.165, 1.54) is 0 Å². The summed E-state index contributed by atoms with van der Waals surface area (Å²) in [5, 5.41) is 0. The minimum atomic E-state index is 0.853. The molecule has 86 valence electrons. The number of unbranched alkanes of at least 4 members (excludes halogenated alkanes) is 1. The minimum absolute atomic E-state index is 0.853. The molecule has 4 heteroatoms. The van der Waals surface area contributed by atoms with Crippen LogP contribution in [0.1, 0.15) is 25.7 Å². The Kier molecular flexibility index (Phi) is 12.7. The van der Waals surface area contributed by atoms with Gasteiger partial charge in [0.2, 0.25) is 0 Å². The fourth-order valence-electron chi connectivity index (χ4n) is 1.02. The Morgan fingerprint density at radius 1 is 0.571 bits per heavy atom. The van der Waals surface area contributed by atoms with Crippen molar-refractivity contribution in [3.8, 4) is 0 Å². The van der Waals surface area contributed by atoms with Gasteiger partial charge < -0.3 is 20.9 Å². The summed E-state index contributed by atoms with van der Waals surface area (Å²) in [6.45, 7) is 5.36. The van der Waals surface area contributed by atoms with Crippen molar-refractivity contribution in [3.05, 3.63) is 0 Å². The molecule has 0 aliphatic heterocycles. The summed E-state index contributed by atoms with van der Waals surface area (Å²) < 4.78 is 10.8. The zero-order valence-corrected chi connectivity index (χ0v) is 9.30. The highest BCUT2D eigenvalue weighted by Crippen LogP contribution is 1.92. The first-order valence-electron chi connectivity index (χ1n) is 5.65. The Balaban J connectivity index is 2.78. The van der Waals surface area contributed by atoms with Gasteiger partial charge >= 0.3 is 0 Å². The molecule has 0 heterocycles. The lowest BCUT2D eigenvalue weighted by atomic mass is 10.3. The first kappa shape index (κ1) is 13.8. The summed E-state index contributed by atoms with van der Waals surface area (Å²) in [5.41, 5.74) is 7.51. The molecule has 0 aromatic rings. The Bertz CT molecular complexity index is 90.1. The zero-order valence-electron chi connectivity index (χ0n) is 9.30. The van der Waals surface area contributed by atoms with Crippen molar-refractivity contribution in [2.24, 2.45) is 0 Å². The van der Waals surface area contributed by atoms with Crippen molar-refractivity contribution in [1.82, 2.24) is 0 Å². The van der Waals surface area contributed by atoms with Gasteiger partial charge in [0.1, 0.15) is 0 Å². The van der Waals surface area contributed by atoms with E-state index in [1.54, 1.807) is 0 Å². The van der Waals surface area contributed by atoms with Crippen molar-refractivity contribution < 1.29 is 20.9 Å². The van der Waals surface area contributed by atoms with E-state index in [4.69, 9.17) is 9.47 Å². The van der Waals surface area contributed by atoms with Crippen LogP contribution in [-0.2, 0) is 9.47 Å². The first-order chi connectivity index (χ1) is 6.91. The maximum atomic E-state index is 5.40. The first-order valence-corrected chi connectivity index (χ1v) is 5.65. The molecular formula is C10H26N2O2+2. The van der Waals surface area contributed by atoms with E-state index in [1.807, 2.05) is 0 Å². The Labute approximate surface area is 86.9 Å². The third-order valence-corrected chi connectivity index (χ3v) is 1.90. The predicted molar refractivity (Wildman–Crippen MR) is 55.6 cm³/mol. The van der Waals surface area contributed by atoms with E-state index in [0.717, 1.165) is 65.2 Å². The molecule has 0 bridgehead atoms. The Hall–Kier alpha value is -0.160. The molecule has 0 aromatic carbocycles. The fourth-order valence-corrected chi connectivity index (χ4v) is 1.02. The fraction of sp³-hybridized carbons (Fsp3) is 1.00. The molecule has 0 aromatic heterocycles. The lowest BCUT2D eigenvalue weighted by Crippen LogP contribution is -2.50. The molecule has 0 fully saturated rings. The highest BCUT2D eigenvalue weighted by atomic mass is 16.5. The summed E-state index contributed by atoms with van der Waals surface area (Å²) >= 11 is 0. The van der Waals surface area contributed by atoms with Gasteiger partial charge in [-0.25, -0.2) is 0 Å². The predicted octanol–water partition coefficient (Wildman–Crippen LogP) is -0.936. The zero-order chi connectivity index (χ0) is 10.5. The lowest BCUT2D eigenvalue weighted by molar-refractivity contribution is -0.370. The molecule has 0 rings (SSSR count). The third-order valence-electron chi connectivity index (χ3n) is 1.90. The number of ether oxygens (including phenoxy) is 2. The van der Waals surface area contributed by atoms with Crippen LogP contribution in [0.4, 0.5) is 0 Å². The van der Waals surface area contributed by atoms with Crippen LogP contribution in [0.5, 0.6) is 0 Å². The number of hydrogen-bond donors (Lipinski definition) is 2. The average Bonchev–Trinajstić information content (AvgIpc) is 2.21. The molecule has 6 N–H and O–H groups in total. The van der Waals surface area contributed by atoms with Gasteiger partial charge in [0.15, 0.2) is 0 Å². The van der Waals surface area contributed by atoms with Crippen LogP contribution in [0.3, 0.4) is 0 Å². The molecule has 0 saturated carbocycles. The van der Waals surface area contributed by atoms with Crippen LogP contribution >= 0.6 is 0 Å². The SMILES string of the molecule is [NH3+]CCCOCCCCOCCC[NH3+]. The van der Waals surface area contributed by atoms with Crippen LogP contribution in [0.2, 0.25) is 0 Å². The van der Waals surface area contributed by atoms with Crippen molar-refractivity contribution >= 4 is 0 Å². The monoisotopic (exact) mass is 206 g/mol. The summed E-state index contributed by atoms with van der Waals surface area (Å²) in [7, 11) is 0. The largest absolute Gasteiger partial charge is 0.381 e. The summed E-state index contributed by atoms with van der Waals surface area (Å²) in [6.07, 6.45) is 4.34. The molecule has 0 amide bonds. The smallest absolute Gasteiger partial charge is 0.0762 e. The molecule has 4 nitrogen and oxygen atoms in total. The van der Waals surface area contributed by atoms with E-state index in [9.17, 15) is 0 Å². The molecule has 0 radical (unpaired) electrons. The lowest BCUT2D eigenvalue weighted by Gasteiger charge is -2.03. The number of rotatable bonds is 11. The van der Waals surface area contributed by atoms with Crippen LogP contribution < -0.4 is 11.5 Å². The molecular weight excluding hydrogens is 180 g/mol. The highest BCUT2D eigenvalue weighted by Gasteiger charge is 1.91. The Morgan fingerprint density at radius 3 is 1.29 bits per heavy atom. The molecule has 0 saturated heterocycles. The standard InChI is InChI=1S/C10H24N2O2/c11-5-3-9-13-7-1-2-8-14-10-4-6-12/h1-12H2/p+2. The molecule has 14 heavy (non-hydrogen) atoms. The molecule has 0 atom stereocenters. The van der Waals surface area contributed by atoms with Gasteiger partial charge in [-0.15, -0.1) is 0 Å². The summed E-state index contributed by atoms with van der Waals surface area (Å²) in [5.74, 6) is 0. The minimum Gasteiger partial charge on any atom is -0.381 e. The van der Waals surface area contributed by atoms with Crippen LogP contribution in [-0.4, -0.2) is 39.5 Å². The quantitative estimate of drug-likeness (QED) is 0.428. The van der Waals surface area contributed by atoms with Gasteiger partial charge in [-0.3, -0.25) is 0 Å². The van der Waals surface area contributed by atoms with E-state index < -0.39 is 0 Å². The van der Waals surface area contributed by atoms with Gasteiger partial charge in [-0.1, -0.05) is 0 Å². The van der Waals surface area contributed by atoms with Crippen molar-refractivity contribution in [1.29, 1.82) is 0 Å². The number of hydrogen-bond acceptors (Lipinski definition) is 2. The molecule has 0 aliphatic carbocycles. The Morgan fingerprint density at radius 2 is 0.929 bits per heavy atom. The van der Waals surface area contributed by atoms with E-state index in [-0.39, 0.29) is 0 Å². The van der Waals surface area contributed by atoms with Gasteiger partial charge in [0, 0.05) is 26.1 Å². The summed E-state index contributed by atoms with van der Waals surface area (Å²) in [4.78, 5) is 0. The van der Waals surface area contributed by atoms with E-state index in [2.05, 4.69) is 11.5 Å². The van der Waals surface area contributed by atoms with Gasteiger partial charge in [0.05, 0.1) is 26.3 Å². The highest BCUT2D eigenvalue weighted by molar-refractivity contribution is 4.39. The second kappa shape index (κ2) is 12.8. The van der Waals surface area contributed by atoms with Gasteiger partial charge in [0.25, 0.3) is 0 Å². The number of quaternary nitrogens is 2. The van der Waals surface area contributed by atoms with E-state index in [0.29, 0.717) is 0 Å². The normalized spacial score (nSPS) is 10.7. The van der Waals surface area contributed by atoms with Crippen LogP contribution in [0.25, 0.3) is 0 Å².